The van der Waals surface area contributed by atoms with Gasteiger partial charge >= 0.3 is 0 Å². The van der Waals surface area contributed by atoms with Crippen LogP contribution in [0, 0.1) is 20.8 Å². The lowest BCUT2D eigenvalue weighted by Gasteiger charge is -2.07. The van der Waals surface area contributed by atoms with E-state index < -0.39 is 0 Å². The maximum absolute atomic E-state index is 12.8. The summed E-state index contributed by atoms with van der Waals surface area (Å²) in [5.41, 5.74) is 4.62. The second-order valence-corrected chi connectivity index (χ2v) is 7.95. The topological polar surface area (TPSA) is 91.5 Å². The number of aryl methyl sites for hydroxylation is 2. The molecule has 0 amide bonds. The van der Waals surface area contributed by atoms with Crippen molar-refractivity contribution in [2.24, 2.45) is 0 Å². The van der Waals surface area contributed by atoms with E-state index in [1.165, 1.54) is 24.2 Å². The van der Waals surface area contributed by atoms with Crippen LogP contribution in [0.4, 0.5) is 0 Å². The van der Waals surface area contributed by atoms with Crippen LogP contribution in [0.2, 0.25) is 0 Å². The molecule has 0 fully saturated rings. The van der Waals surface area contributed by atoms with Gasteiger partial charge in [-0.1, -0.05) is 41.6 Å². The molecule has 140 valence electrons. The van der Waals surface area contributed by atoms with Gasteiger partial charge in [0.25, 0.3) is 0 Å². The number of nitrogens with one attached hydrogen (secondary N) is 2. The van der Waals surface area contributed by atoms with E-state index >= 15 is 0 Å². The molecule has 0 bridgehead atoms. The van der Waals surface area contributed by atoms with Crippen molar-refractivity contribution in [2.75, 3.05) is 0 Å². The molecule has 2 N–H and O–H groups in total. The van der Waals surface area contributed by atoms with Gasteiger partial charge in [-0.15, -0.1) is 5.10 Å². The van der Waals surface area contributed by atoms with Crippen molar-refractivity contribution >= 4 is 23.3 Å². The summed E-state index contributed by atoms with van der Waals surface area (Å²) in [7, 11) is 0. The molecule has 0 saturated carbocycles. The average Bonchev–Trinajstić information content (AvgIpc) is 3.19. The molecule has 27 heavy (non-hydrogen) atoms. The fourth-order valence-electron chi connectivity index (χ4n) is 3.08. The van der Waals surface area contributed by atoms with Gasteiger partial charge in [0, 0.05) is 16.8 Å². The SMILES string of the molecule is CC(=O)c1c(C)[nH]c(C(=O)C(C)Sc2n[nH]c(-c3ccc(C)cc3)n2)c1C. The second kappa shape index (κ2) is 7.52. The molecule has 0 saturated heterocycles. The van der Waals surface area contributed by atoms with Crippen LogP contribution in [0.1, 0.15) is 51.5 Å². The Morgan fingerprint density at radius 1 is 1.11 bits per heavy atom. The minimum Gasteiger partial charge on any atom is -0.355 e. The highest BCUT2D eigenvalue weighted by molar-refractivity contribution is 8.00. The standard InChI is InChI=1S/C20H22N4O2S/c1-10-6-8-15(9-7-10)19-22-20(24-23-19)27-14(5)18(26)17-11(2)16(13(4)25)12(3)21-17/h6-9,14,21H,1-5H3,(H,22,23,24). The van der Waals surface area contributed by atoms with Gasteiger partial charge in [0.2, 0.25) is 5.16 Å². The molecular weight excluding hydrogens is 360 g/mol. The van der Waals surface area contributed by atoms with Crippen molar-refractivity contribution in [3.05, 3.63) is 52.3 Å². The largest absolute Gasteiger partial charge is 0.355 e. The van der Waals surface area contributed by atoms with Crippen LogP contribution in [0.15, 0.2) is 29.4 Å². The highest BCUT2D eigenvalue weighted by Crippen LogP contribution is 2.27. The molecule has 2 heterocycles. The van der Waals surface area contributed by atoms with Crippen LogP contribution >= 0.6 is 11.8 Å². The number of hydrogen-bond donors (Lipinski definition) is 2. The summed E-state index contributed by atoms with van der Waals surface area (Å²) in [6.07, 6.45) is 0. The summed E-state index contributed by atoms with van der Waals surface area (Å²) in [5.74, 6) is 0.551. The van der Waals surface area contributed by atoms with E-state index in [0.717, 1.165) is 11.3 Å². The molecule has 2 aromatic heterocycles. The van der Waals surface area contributed by atoms with E-state index in [0.29, 0.717) is 27.8 Å². The van der Waals surface area contributed by atoms with Gasteiger partial charge in [0.05, 0.1) is 10.9 Å². The number of ketones is 2. The molecule has 0 aliphatic rings. The molecule has 0 radical (unpaired) electrons. The molecule has 0 aliphatic heterocycles. The van der Waals surface area contributed by atoms with Gasteiger partial charge in [0.1, 0.15) is 0 Å². The maximum atomic E-state index is 12.8. The van der Waals surface area contributed by atoms with Gasteiger partial charge in [0.15, 0.2) is 17.4 Å². The van der Waals surface area contributed by atoms with Crippen molar-refractivity contribution < 1.29 is 9.59 Å². The second-order valence-electron chi connectivity index (χ2n) is 6.64. The van der Waals surface area contributed by atoms with E-state index in [9.17, 15) is 9.59 Å². The highest BCUT2D eigenvalue weighted by atomic mass is 32.2. The first-order valence-corrected chi connectivity index (χ1v) is 9.56. The Kier molecular flexibility index (Phi) is 5.32. The molecule has 7 heteroatoms. The number of aromatic nitrogens is 4. The molecule has 3 rings (SSSR count). The van der Waals surface area contributed by atoms with Crippen molar-refractivity contribution in [1.82, 2.24) is 20.2 Å². The Morgan fingerprint density at radius 2 is 1.78 bits per heavy atom. The minimum absolute atomic E-state index is 0.0442. The molecule has 1 unspecified atom stereocenters. The minimum atomic E-state index is -0.386. The van der Waals surface area contributed by atoms with Crippen molar-refractivity contribution in [3.63, 3.8) is 0 Å². The fraction of sp³-hybridized carbons (Fsp3) is 0.300. The summed E-state index contributed by atoms with van der Waals surface area (Å²) < 4.78 is 0. The van der Waals surface area contributed by atoms with Gasteiger partial charge in [-0.3, -0.25) is 14.7 Å². The van der Waals surface area contributed by atoms with Crippen molar-refractivity contribution in [2.45, 2.75) is 45.0 Å². The normalized spacial score (nSPS) is 12.2. The number of nitrogens with zero attached hydrogens (tertiary/aromatic N) is 2. The Labute approximate surface area is 162 Å². The summed E-state index contributed by atoms with van der Waals surface area (Å²) in [6.45, 7) is 8.96. The number of carbonyl (C=O) groups excluding carboxylic acids is 2. The van der Waals surface area contributed by atoms with Crippen LogP contribution in [-0.2, 0) is 0 Å². The van der Waals surface area contributed by atoms with Crippen molar-refractivity contribution in [1.29, 1.82) is 0 Å². The molecule has 0 aliphatic carbocycles. The number of rotatable bonds is 6. The van der Waals surface area contributed by atoms with E-state index in [4.69, 9.17) is 0 Å². The van der Waals surface area contributed by atoms with Crippen molar-refractivity contribution in [3.8, 4) is 11.4 Å². The summed E-state index contributed by atoms with van der Waals surface area (Å²) in [5, 5.41) is 7.26. The van der Waals surface area contributed by atoms with E-state index in [1.54, 1.807) is 13.8 Å². The third kappa shape index (κ3) is 3.88. The average molecular weight is 382 g/mol. The number of thioether (sulfide) groups is 1. The number of benzene rings is 1. The predicted molar refractivity (Wildman–Crippen MR) is 106 cm³/mol. The predicted octanol–water partition coefficient (Wildman–Crippen LogP) is 4.29. The maximum Gasteiger partial charge on any atom is 0.209 e. The van der Waals surface area contributed by atoms with Crippen LogP contribution < -0.4 is 0 Å². The third-order valence-corrected chi connectivity index (χ3v) is 5.44. The Balaban J connectivity index is 1.77. The zero-order valence-electron chi connectivity index (χ0n) is 16.0. The number of hydrogen-bond acceptors (Lipinski definition) is 5. The first-order valence-electron chi connectivity index (χ1n) is 8.68. The van der Waals surface area contributed by atoms with Gasteiger partial charge in [-0.25, -0.2) is 4.98 Å². The summed E-state index contributed by atoms with van der Waals surface area (Å²) in [6, 6.07) is 7.99. The van der Waals surface area contributed by atoms with Gasteiger partial charge in [-0.05, 0) is 40.2 Å². The van der Waals surface area contributed by atoms with Gasteiger partial charge in [-0.2, -0.15) is 0 Å². The zero-order chi connectivity index (χ0) is 19.7. The number of H-pyrrole nitrogens is 2. The first-order chi connectivity index (χ1) is 12.8. The van der Waals surface area contributed by atoms with Crippen LogP contribution in [-0.4, -0.2) is 37.0 Å². The van der Waals surface area contributed by atoms with E-state index in [-0.39, 0.29) is 16.8 Å². The lowest BCUT2D eigenvalue weighted by Crippen LogP contribution is -2.15. The molecule has 1 atom stereocenters. The summed E-state index contributed by atoms with van der Waals surface area (Å²) in [4.78, 5) is 32.2. The van der Waals surface area contributed by atoms with E-state index in [2.05, 4.69) is 20.2 Å². The molecular formula is C20H22N4O2S. The lowest BCUT2D eigenvalue weighted by molar-refractivity contribution is 0.0988. The number of Topliss-reactive ketones (excluding diaryl/α,β-unsaturated/α-hetero) is 2. The summed E-state index contributed by atoms with van der Waals surface area (Å²) >= 11 is 1.29. The number of carbonyl (C=O) groups is 2. The third-order valence-electron chi connectivity index (χ3n) is 4.48. The number of aromatic amines is 2. The fourth-order valence-corrected chi connectivity index (χ4v) is 3.86. The van der Waals surface area contributed by atoms with Gasteiger partial charge < -0.3 is 4.98 Å². The lowest BCUT2D eigenvalue weighted by atomic mass is 10.0. The van der Waals surface area contributed by atoms with E-state index in [1.807, 2.05) is 38.1 Å². The monoisotopic (exact) mass is 382 g/mol. The molecule has 3 aromatic rings. The Morgan fingerprint density at radius 3 is 2.37 bits per heavy atom. The smallest absolute Gasteiger partial charge is 0.209 e. The Hall–Kier alpha value is -2.67. The molecule has 0 spiro atoms. The zero-order valence-corrected chi connectivity index (χ0v) is 16.8. The van der Waals surface area contributed by atoms with Crippen LogP contribution in [0.25, 0.3) is 11.4 Å². The quantitative estimate of drug-likeness (QED) is 0.490. The Bertz CT molecular complexity index is 1000. The highest BCUT2D eigenvalue weighted by Gasteiger charge is 2.25. The van der Waals surface area contributed by atoms with Crippen LogP contribution in [0.5, 0.6) is 0 Å². The van der Waals surface area contributed by atoms with Crippen LogP contribution in [0.3, 0.4) is 0 Å². The molecule has 6 nitrogen and oxygen atoms in total. The first kappa shape index (κ1) is 19.1. The molecule has 1 aromatic carbocycles.